The highest BCUT2D eigenvalue weighted by Gasteiger charge is 2.23. The van der Waals surface area contributed by atoms with Gasteiger partial charge in [0.1, 0.15) is 0 Å². The maximum Gasteiger partial charge on any atom is 0.244 e. The van der Waals surface area contributed by atoms with Crippen LogP contribution >= 0.6 is 23.1 Å². The third kappa shape index (κ3) is 3.46. The van der Waals surface area contributed by atoms with Crippen LogP contribution in [-0.2, 0) is 10.2 Å². The monoisotopic (exact) mass is 285 g/mol. The first-order valence-electron chi connectivity index (χ1n) is 6.05. The SMILES string of the molecule is CC(C)(C)c1csc(NC(=O)C2CSCCN2)n1. The first kappa shape index (κ1) is 13.8. The lowest BCUT2D eigenvalue weighted by Crippen LogP contribution is -2.46. The quantitative estimate of drug-likeness (QED) is 0.873. The Morgan fingerprint density at radius 3 is 2.89 bits per heavy atom. The molecule has 1 aromatic heterocycles. The van der Waals surface area contributed by atoms with E-state index in [4.69, 9.17) is 0 Å². The number of carbonyl (C=O) groups is 1. The number of nitrogens with one attached hydrogen (secondary N) is 2. The summed E-state index contributed by atoms with van der Waals surface area (Å²) in [5, 5.41) is 8.83. The molecule has 0 radical (unpaired) electrons. The average Bonchev–Trinajstić information content (AvgIpc) is 2.78. The normalized spacial score (nSPS) is 20.7. The van der Waals surface area contributed by atoms with E-state index in [-0.39, 0.29) is 17.4 Å². The smallest absolute Gasteiger partial charge is 0.244 e. The van der Waals surface area contributed by atoms with E-state index in [1.165, 1.54) is 11.3 Å². The van der Waals surface area contributed by atoms with Gasteiger partial charge in [-0.25, -0.2) is 4.98 Å². The van der Waals surface area contributed by atoms with E-state index >= 15 is 0 Å². The molecule has 4 nitrogen and oxygen atoms in total. The maximum absolute atomic E-state index is 12.0. The van der Waals surface area contributed by atoms with Gasteiger partial charge in [-0.1, -0.05) is 20.8 Å². The maximum atomic E-state index is 12.0. The zero-order valence-corrected chi connectivity index (χ0v) is 12.6. The highest BCUT2D eigenvalue weighted by Crippen LogP contribution is 2.26. The van der Waals surface area contributed by atoms with Crippen molar-refractivity contribution in [2.75, 3.05) is 23.4 Å². The van der Waals surface area contributed by atoms with Crippen LogP contribution in [0.5, 0.6) is 0 Å². The van der Waals surface area contributed by atoms with Gasteiger partial charge in [0.25, 0.3) is 0 Å². The first-order valence-corrected chi connectivity index (χ1v) is 8.08. The van der Waals surface area contributed by atoms with Crippen molar-refractivity contribution < 1.29 is 4.79 Å². The largest absolute Gasteiger partial charge is 0.304 e. The van der Waals surface area contributed by atoms with Crippen LogP contribution in [0.3, 0.4) is 0 Å². The molecule has 2 rings (SSSR count). The molecule has 6 heteroatoms. The summed E-state index contributed by atoms with van der Waals surface area (Å²) in [5.74, 6) is 1.94. The van der Waals surface area contributed by atoms with Gasteiger partial charge in [-0.15, -0.1) is 11.3 Å². The van der Waals surface area contributed by atoms with Crippen LogP contribution < -0.4 is 10.6 Å². The summed E-state index contributed by atoms with van der Waals surface area (Å²) in [6, 6.07) is -0.0919. The van der Waals surface area contributed by atoms with Crippen LogP contribution in [0, 0.1) is 0 Å². The molecule has 0 spiro atoms. The minimum atomic E-state index is -0.0919. The van der Waals surface area contributed by atoms with Crippen LogP contribution in [0.2, 0.25) is 0 Å². The summed E-state index contributed by atoms with van der Waals surface area (Å²) >= 11 is 3.30. The number of carbonyl (C=O) groups excluding carboxylic acids is 1. The zero-order valence-electron chi connectivity index (χ0n) is 10.9. The first-order chi connectivity index (χ1) is 8.47. The summed E-state index contributed by atoms with van der Waals surface area (Å²) in [7, 11) is 0. The third-order valence-corrected chi connectivity index (χ3v) is 4.56. The second-order valence-electron chi connectivity index (χ2n) is 5.36. The van der Waals surface area contributed by atoms with Gasteiger partial charge in [0, 0.05) is 28.8 Å². The van der Waals surface area contributed by atoms with E-state index in [2.05, 4.69) is 36.4 Å². The van der Waals surface area contributed by atoms with Gasteiger partial charge in [-0.3, -0.25) is 4.79 Å². The Bertz CT molecular complexity index is 419. The number of thiazole rings is 1. The zero-order chi connectivity index (χ0) is 13.2. The van der Waals surface area contributed by atoms with Crippen molar-refractivity contribution in [3.05, 3.63) is 11.1 Å². The van der Waals surface area contributed by atoms with Gasteiger partial charge in [0.05, 0.1) is 11.7 Å². The molecule has 0 aliphatic carbocycles. The molecule has 18 heavy (non-hydrogen) atoms. The molecule has 0 bridgehead atoms. The Balaban J connectivity index is 1.96. The molecule has 0 saturated carbocycles. The van der Waals surface area contributed by atoms with Crippen LogP contribution in [0.15, 0.2) is 5.38 Å². The number of thioether (sulfide) groups is 1. The van der Waals surface area contributed by atoms with Crippen molar-refractivity contribution in [3.8, 4) is 0 Å². The van der Waals surface area contributed by atoms with Crippen molar-refractivity contribution in [1.82, 2.24) is 10.3 Å². The van der Waals surface area contributed by atoms with Crippen molar-refractivity contribution >= 4 is 34.1 Å². The minimum Gasteiger partial charge on any atom is -0.304 e. The fourth-order valence-corrected chi connectivity index (χ4v) is 3.48. The molecule has 1 atom stereocenters. The summed E-state index contributed by atoms with van der Waals surface area (Å²) in [5.41, 5.74) is 1.05. The number of amides is 1. The third-order valence-electron chi connectivity index (χ3n) is 2.74. The number of aromatic nitrogens is 1. The van der Waals surface area contributed by atoms with E-state index in [0.29, 0.717) is 5.13 Å². The summed E-state index contributed by atoms with van der Waals surface area (Å²) in [6.07, 6.45) is 0. The van der Waals surface area contributed by atoms with Gasteiger partial charge in [-0.05, 0) is 0 Å². The predicted octanol–water partition coefficient (Wildman–Crippen LogP) is 2.08. The average molecular weight is 285 g/mol. The molecule has 1 fully saturated rings. The topological polar surface area (TPSA) is 54.0 Å². The molecule has 2 heterocycles. The molecular weight excluding hydrogens is 266 g/mol. The van der Waals surface area contributed by atoms with Crippen LogP contribution in [0.4, 0.5) is 5.13 Å². The second-order valence-corrected chi connectivity index (χ2v) is 7.37. The Kier molecular flexibility index (Phi) is 4.29. The molecule has 1 saturated heterocycles. The highest BCUT2D eigenvalue weighted by atomic mass is 32.2. The number of hydrogen-bond donors (Lipinski definition) is 2. The molecule has 2 N–H and O–H groups in total. The molecule has 1 aliphatic heterocycles. The number of anilines is 1. The van der Waals surface area contributed by atoms with Gasteiger partial charge in [0.2, 0.25) is 5.91 Å². The van der Waals surface area contributed by atoms with Crippen molar-refractivity contribution in [3.63, 3.8) is 0 Å². The van der Waals surface area contributed by atoms with Gasteiger partial charge in [-0.2, -0.15) is 11.8 Å². The lowest BCUT2D eigenvalue weighted by molar-refractivity contribution is -0.117. The van der Waals surface area contributed by atoms with Crippen molar-refractivity contribution in [2.45, 2.75) is 32.2 Å². The summed E-state index contributed by atoms with van der Waals surface area (Å²) in [6.45, 7) is 7.25. The lowest BCUT2D eigenvalue weighted by Gasteiger charge is -2.21. The number of nitrogens with zero attached hydrogens (tertiary/aromatic N) is 1. The van der Waals surface area contributed by atoms with Crippen LogP contribution in [0.25, 0.3) is 0 Å². The Morgan fingerprint density at radius 2 is 2.33 bits per heavy atom. The van der Waals surface area contributed by atoms with Gasteiger partial charge in [0.15, 0.2) is 5.13 Å². The Morgan fingerprint density at radius 1 is 1.56 bits per heavy atom. The molecule has 0 aromatic carbocycles. The fraction of sp³-hybridized carbons (Fsp3) is 0.667. The van der Waals surface area contributed by atoms with E-state index < -0.39 is 0 Å². The number of hydrogen-bond acceptors (Lipinski definition) is 5. The predicted molar refractivity (Wildman–Crippen MR) is 78.6 cm³/mol. The fourth-order valence-electron chi connectivity index (χ4n) is 1.60. The number of rotatable bonds is 2. The summed E-state index contributed by atoms with van der Waals surface area (Å²) < 4.78 is 0. The molecular formula is C12H19N3OS2. The molecule has 1 amide bonds. The Labute approximate surface area is 116 Å². The van der Waals surface area contributed by atoms with E-state index in [9.17, 15) is 4.79 Å². The highest BCUT2D eigenvalue weighted by molar-refractivity contribution is 7.99. The van der Waals surface area contributed by atoms with Gasteiger partial charge < -0.3 is 10.6 Å². The Hall–Kier alpha value is -0.590. The van der Waals surface area contributed by atoms with Crippen molar-refractivity contribution in [1.29, 1.82) is 0 Å². The molecule has 1 aliphatic rings. The lowest BCUT2D eigenvalue weighted by atomic mass is 9.93. The van der Waals surface area contributed by atoms with Crippen molar-refractivity contribution in [2.24, 2.45) is 0 Å². The second kappa shape index (κ2) is 5.59. The van der Waals surface area contributed by atoms with E-state index in [1.807, 2.05) is 17.1 Å². The summed E-state index contributed by atoms with van der Waals surface area (Å²) in [4.78, 5) is 16.5. The molecule has 100 valence electrons. The van der Waals surface area contributed by atoms with Crippen LogP contribution in [-0.4, -0.2) is 35.0 Å². The van der Waals surface area contributed by atoms with Crippen LogP contribution in [0.1, 0.15) is 26.5 Å². The molecule has 1 aromatic rings. The molecule has 1 unspecified atom stereocenters. The van der Waals surface area contributed by atoms with E-state index in [0.717, 1.165) is 23.7 Å². The van der Waals surface area contributed by atoms with Gasteiger partial charge >= 0.3 is 0 Å². The minimum absolute atomic E-state index is 0.0250. The standard InChI is InChI=1S/C12H19N3OS2/c1-12(2,3)9-7-18-11(14-9)15-10(16)8-6-17-5-4-13-8/h7-8,13H,4-6H2,1-3H3,(H,14,15,16). The van der Waals surface area contributed by atoms with E-state index in [1.54, 1.807) is 0 Å².